The first kappa shape index (κ1) is 15.2. The van der Waals surface area contributed by atoms with Crippen molar-refractivity contribution in [3.63, 3.8) is 0 Å². The van der Waals surface area contributed by atoms with Gasteiger partial charge in [0.25, 0.3) is 0 Å². The van der Waals surface area contributed by atoms with E-state index in [2.05, 4.69) is 25.6 Å². The van der Waals surface area contributed by atoms with Gasteiger partial charge in [0.05, 0.1) is 0 Å². The Labute approximate surface area is 127 Å². The van der Waals surface area contributed by atoms with Crippen molar-refractivity contribution in [1.29, 1.82) is 0 Å². The Hall–Kier alpha value is -0.170. The van der Waals surface area contributed by atoms with Gasteiger partial charge in [-0.3, -0.25) is 0 Å². The summed E-state index contributed by atoms with van der Waals surface area (Å²) in [5.74, 6) is 0.411. The van der Waals surface area contributed by atoms with Crippen molar-refractivity contribution in [3.05, 3.63) is 21.9 Å². The third-order valence-corrected chi connectivity index (χ3v) is 5.93. The van der Waals surface area contributed by atoms with Crippen LogP contribution >= 0.6 is 27.5 Å². The second-order valence-corrected chi connectivity index (χ2v) is 7.85. The molecule has 0 aliphatic heterocycles. The van der Waals surface area contributed by atoms with E-state index in [-0.39, 0.29) is 16.1 Å². The summed E-state index contributed by atoms with van der Waals surface area (Å²) in [5.41, 5.74) is 0. The highest BCUT2D eigenvalue weighted by Crippen LogP contribution is 2.29. The Balaban J connectivity index is 2.19. The van der Waals surface area contributed by atoms with Crippen LogP contribution in [0.3, 0.4) is 0 Å². The summed E-state index contributed by atoms with van der Waals surface area (Å²) in [4.78, 5) is 3.87. The molecule has 1 aliphatic carbocycles. The molecule has 1 saturated carbocycles. The first-order valence-corrected chi connectivity index (χ1v) is 8.89. The second-order valence-electron chi connectivity index (χ2n) is 4.90. The number of rotatable bonds is 4. The van der Waals surface area contributed by atoms with Gasteiger partial charge >= 0.3 is 0 Å². The molecule has 4 nitrogen and oxygen atoms in total. The number of nitrogens with one attached hydrogen (secondary N) is 1. The van der Waals surface area contributed by atoms with E-state index in [1.54, 1.807) is 0 Å². The highest BCUT2D eigenvalue weighted by Gasteiger charge is 2.27. The van der Waals surface area contributed by atoms with E-state index >= 15 is 0 Å². The number of pyridine rings is 1. The minimum atomic E-state index is -3.62. The maximum Gasteiger partial charge on any atom is 0.243 e. The Morgan fingerprint density at radius 2 is 2.11 bits per heavy atom. The SMILES string of the molecule is CC(NS(=O)(=O)c1cc(Br)cnc1Cl)C1CCCC1. The fourth-order valence-electron chi connectivity index (χ4n) is 2.45. The number of nitrogens with zero attached hydrogens (tertiary/aromatic N) is 1. The Morgan fingerprint density at radius 1 is 1.47 bits per heavy atom. The van der Waals surface area contributed by atoms with Crippen molar-refractivity contribution in [3.8, 4) is 0 Å². The van der Waals surface area contributed by atoms with Gasteiger partial charge in [0.1, 0.15) is 10.0 Å². The maximum absolute atomic E-state index is 12.3. The second kappa shape index (κ2) is 6.08. The molecule has 1 aromatic rings. The predicted octanol–water partition coefficient (Wildman–Crippen LogP) is 3.35. The lowest BCUT2D eigenvalue weighted by Crippen LogP contribution is -2.37. The van der Waals surface area contributed by atoms with Crippen LogP contribution in [0, 0.1) is 5.92 Å². The Kier molecular flexibility index (Phi) is 4.87. The summed E-state index contributed by atoms with van der Waals surface area (Å²) in [6.07, 6.45) is 5.98. The average molecular weight is 368 g/mol. The number of halogens is 2. The van der Waals surface area contributed by atoms with E-state index in [9.17, 15) is 8.42 Å². The molecule has 1 aromatic heterocycles. The predicted molar refractivity (Wildman–Crippen MR) is 78.7 cm³/mol. The fraction of sp³-hybridized carbons (Fsp3) is 0.583. The normalized spacial score (nSPS) is 18.7. The van der Waals surface area contributed by atoms with Crippen molar-refractivity contribution >= 4 is 37.6 Å². The third kappa shape index (κ3) is 3.68. The Morgan fingerprint density at radius 3 is 2.74 bits per heavy atom. The zero-order valence-electron chi connectivity index (χ0n) is 10.6. The maximum atomic E-state index is 12.3. The van der Waals surface area contributed by atoms with E-state index in [0.717, 1.165) is 12.8 Å². The molecule has 106 valence electrons. The molecule has 1 atom stereocenters. The molecular weight excluding hydrogens is 352 g/mol. The van der Waals surface area contributed by atoms with Crippen molar-refractivity contribution in [2.75, 3.05) is 0 Å². The molecule has 0 spiro atoms. The van der Waals surface area contributed by atoms with Crippen LogP contribution in [0.5, 0.6) is 0 Å². The molecule has 0 bridgehead atoms. The number of aromatic nitrogens is 1. The van der Waals surface area contributed by atoms with Crippen molar-refractivity contribution in [2.45, 2.75) is 43.5 Å². The molecule has 7 heteroatoms. The van der Waals surface area contributed by atoms with Crippen molar-refractivity contribution in [2.24, 2.45) is 5.92 Å². The van der Waals surface area contributed by atoms with Gasteiger partial charge in [-0.1, -0.05) is 24.4 Å². The van der Waals surface area contributed by atoms with Gasteiger partial charge in [0.2, 0.25) is 10.0 Å². The van der Waals surface area contributed by atoms with Crippen LogP contribution < -0.4 is 4.72 Å². The highest BCUT2D eigenvalue weighted by molar-refractivity contribution is 9.10. The summed E-state index contributed by atoms with van der Waals surface area (Å²) >= 11 is 9.08. The van der Waals surface area contributed by atoms with Gasteiger partial charge < -0.3 is 0 Å². The first-order valence-electron chi connectivity index (χ1n) is 6.23. The van der Waals surface area contributed by atoms with Crippen LogP contribution in [0.1, 0.15) is 32.6 Å². The number of hydrogen-bond acceptors (Lipinski definition) is 3. The molecule has 1 heterocycles. The van der Waals surface area contributed by atoms with E-state index in [1.165, 1.54) is 25.1 Å². The van der Waals surface area contributed by atoms with Gasteiger partial charge in [-0.15, -0.1) is 0 Å². The van der Waals surface area contributed by atoms with Crippen molar-refractivity contribution in [1.82, 2.24) is 9.71 Å². The zero-order chi connectivity index (χ0) is 14.0. The van der Waals surface area contributed by atoms with Crippen molar-refractivity contribution < 1.29 is 8.42 Å². The standard InChI is InChI=1S/C12H16BrClN2O2S/c1-8(9-4-2-3-5-9)16-19(17,18)11-6-10(13)7-15-12(11)14/h6-9,16H,2-5H2,1H3. The van der Waals surface area contributed by atoms with Crippen LogP contribution in [0.15, 0.2) is 21.6 Å². The number of sulfonamides is 1. The summed E-state index contributed by atoms with van der Waals surface area (Å²) in [7, 11) is -3.62. The van der Waals surface area contributed by atoms with Crippen LogP contribution in [0.2, 0.25) is 5.15 Å². The molecule has 0 radical (unpaired) electrons. The molecule has 0 aromatic carbocycles. The van der Waals surface area contributed by atoms with Gasteiger partial charge in [0, 0.05) is 16.7 Å². The van der Waals surface area contributed by atoms with E-state index in [0.29, 0.717) is 10.4 Å². The molecule has 0 amide bonds. The van der Waals surface area contributed by atoms with Gasteiger partial charge in [-0.05, 0) is 47.7 Å². The summed E-state index contributed by atoms with van der Waals surface area (Å²) in [6, 6.07) is 1.39. The largest absolute Gasteiger partial charge is 0.243 e. The summed E-state index contributed by atoms with van der Waals surface area (Å²) in [6.45, 7) is 1.91. The van der Waals surface area contributed by atoms with E-state index < -0.39 is 10.0 Å². The first-order chi connectivity index (χ1) is 8.90. The molecule has 19 heavy (non-hydrogen) atoms. The van der Waals surface area contributed by atoms with Crippen LogP contribution in [0.4, 0.5) is 0 Å². The minimum absolute atomic E-state index is 0.00526. The third-order valence-electron chi connectivity index (χ3n) is 3.51. The monoisotopic (exact) mass is 366 g/mol. The average Bonchev–Trinajstić information content (AvgIpc) is 2.85. The zero-order valence-corrected chi connectivity index (χ0v) is 13.7. The smallest absolute Gasteiger partial charge is 0.242 e. The summed E-state index contributed by atoms with van der Waals surface area (Å²) < 4.78 is 27.9. The molecular formula is C12H16BrClN2O2S. The van der Waals surface area contributed by atoms with Gasteiger partial charge in [0.15, 0.2) is 0 Å². The van der Waals surface area contributed by atoms with Crippen LogP contribution in [0.25, 0.3) is 0 Å². The molecule has 1 aliphatic rings. The quantitative estimate of drug-likeness (QED) is 0.830. The lowest BCUT2D eigenvalue weighted by atomic mass is 10.0. The highest BCUT2D eigenvalue weighted by atomic mass is 79.9. The van der Waals surface area contributed by atoms with Crippen LogP contribution in [-0.4, -0.2) is 19.4 Å². The minimum Gasteiger partial charge on any atom is -0.242 e. The lowest BCUT2D eigenvalue weighted by Gasteiger charge is -2.20. The van der Waals surface area contributed by atoms with E-state index in [4.69, 9.17) is 11.6 Å². The summed E-state index contributed by atoms with van der Waals surface area (Å²) in [5, 5.41) is -0.00526. The van der Waals surface area contributed by atoms with E-state index in [1.807, 2.05) is 6.92 Å². The molecule has 1 fully saturated rings. The lowest BCUT2D eigenvalue weighted by molar-refractivity contribution is 0.424. The van der Waals surface area contributed by atoms with Gasteiger partial charge in [-0.2, -0.15) is 0 Å². The number of hydrogen-bond donors (Lipinski definition) is 1. The molecule has 2 rings (SSSR count). The molecule has 1 N–H and O–H groups in total. The fourth-order valence-corrected chi connectivity index (χ4v) is 4.71. The molecule has 1 unspecified atom stereocenters. The topological polar surface area (TPSA) is 59.1 Å². The van der Waals surface area contributed by atoms with Gasteiger partial charge in [-0.25, -0.2) is 18.1 Å². The Bertz CT molecular complexity index is 559. The van der Waals surface area contributed by atoms with Crippen LogP contribution in [-0.2, 0) is 10.0 Å². The molecule has 0 saturated heterocycles.